The lowest BCUT2D eigenvalue weighted by Crippen LogP contribution is -2.66. The van der Waals surface area contributed by atoms with Crippen molar-refractivity contribution in [2.24, 2.45) is 11.8 Å². The van der Waals surface area contributed by atoms with Crippen LogP contribution in [0.1, 0.15) is 55.4 Å². The Morgan fingerprint density at radius 2 is 1.10 bits per heavy atom. The van der Waals surface area contributed by atoms with Crippen molar-refractivity contribution >= 4 is 0 Å². The predicted octanol–water partition coefficient (Wildman–Crippen LogP) is 3.59. The Balaban J connectivity index is 3.10. The normalized spacial score (nSPS) is 38.7. The lowest BCUT2D eigenvalue weighted by Gasteiger charge is -2.54. The van der Waals surface area contributed by atoms with Crippen LogP contribution in [0.4, 0.5) is 0 Å². The lowest BCUT2D eigenvalue weighted by atomic mass is 9.84. The van der Waals surface area contributed by atoms with Crippen molar-refractivity contribution in [2.75, 3.05) is 13.2 Å². The fourth-order valence-electron chi connectivity index (χ4n) is 2.32. The molecule has 1 aliphatic heterocycles. The van der Waals surface area contributed by atoms with Gasteiger partial charge in [0.2, 0.25) is 0 Å². The van der Waals surface area contributed by atoms with Gasteiger partial charge in [0.1, 0.15) is 11.2 Å². The van der Waals surface area contributed by atoms with Crippen LogP contribution in [0.15, 0.2) is 0 Å². The highest BCUT2D eigenvalue weighted by atomic mass is 16.8. The fraction of sp³-hybridized carbons (Fsp3) is 1.00. The molecule has 1 aliphatic rings. The third kappa shape index (κ3) is 3.19. The highest BCUT2D eigenvalue weighted by molar-refractivity contribution is 4.96. The second-order valence-electron chi connectivity index (χ2n) is 6.49. The van der Waals surface area contributed by atoms with Gasteiger partial charge in [0.05, 0.1) is 0 Å². The Bertz CT molecular complexity index is 275. The van der Waals surface area contributed by atoms with Crippen molar-refractivity contribution in [3.63, 3.8) is 0 Å². The number of ether oxygens (including phenoxy) is 4. The maximum atomic E-state index is 6.35. The second kappa shape index (κ2) is 6.73. The van der Waals surface area contributed by atoms with Crippen LogP contribution >= 0.6 is 0 Å². The van der Waals surface area contributed by atoms with E-state index in [1.807, 2.05) is 27.7 Å². The smallest absolute Gasteiger partial charge is 0.187 e. The molecule has 1 rings (SSSR count). The first-order valence-corrected chi connectivity index (χ1v) is 7.81. The highest BCUT2D eigenvalue weighted by Gasteiger charge is 2.56. The molecule has 0 saturated carbocycles. The summed E-state index contributed by atoms with van der Waals surface area (Å²) in [6, 6.07) is 0. The van der Waals surface area contributed by atoms with Crippen molar-refractivity contribution < 1.29 is 18.9 Å². The molecule has 20 heavy (non-hydrogen) atoms. The van der Waals surface area contributed by atoms with E-state index in [9.17, 15) is 0 Å². The second-order valence-corrected chi connectivity index (χ2v) is 6.49. The van der Waals surface area contributed by atoms with Gasteiger partial charge < -0.3 is 18.9 Å². The lowest BCUT2D eigenvalue weighted by molar-refractivity contribution is -0.424. The summed E-state index contributed by atoms with van der Waals surface area (Å²) in [6.45, 7) is 17.7. The summed E-state index contributed by atoms with van der Waals surface area (Å²) in [4.78, 5) is 0. The Labute approximate surface area is 124 Å². The van der Waals surface area contributed by atoms with Gasteiger partial charge in [0, 0.05) is 13.2 Å². The predicted molar refractivity (Wildman–Crippen MR) is 79.5 cm³/mol. The Hall–Kier alpha value is -0.160. The van der Waals surface area contributed by atoms with Gasteiger partial charge in [-0.3, -0.25) is 0 Å². The van der Waals surface area contributed by atoms with E-state index in [1.165, 1.54) is 0 Å². The van der Waals surface area contributed by atoms with Gasteiger partial charge in [-0.05, 0) is 39.5 Å². The van der Waals surface area contributed by atoms with Crippen LogP contribution < -0.4 is 0 Å². The number of rotatable bonds is 6. The molecule has 0 amide bonds. The zero-order valence-electron chi connectivity index (χ0n) is 14.4. The Kier molecular flexibility index (Phi) is 6.02. The van der Waals surface area contributed by atoms with E-state index < -0.39 is 11.2 Å². The Morgan fingerprint density at radius 1 is 0.800 bits per heavy atom. The van der Waals surface area contributed by atoms with Crippen molar-refractivity contribution in [1.82, 2.24) is 0 Å². The van der Waals surface area contributed by atoms with Crippen LogP contribution in [0.25, 0.3) is 0 Å². The molecular formula is C16H32O4. The molecule has 4 unspecified atom stereocenters. The minimum Gasteiger partial charge on any atom is -0.350 e. The van der Waals surface area contributed by atoms with Gasteiger partial charge in [-0.2, -0.15) is 0 Å². The van der Waals surface area contributed by atoms with Crippen molar-refractivity contribution in [2.45, 2.75) is 79.2 Å². The quantitative estimate of drug-likeness (QED) is 0.748. The zero-order chi connectivity index (χ0) is 15.6. The molecule has 0 aromatic rings. The standard InChI is InChI=1S/C16H32O4/c1-9-17-13-15(7,11(3)4)20-14(18-10-2)16(8,19-13)12(5)6/h11-14H,9-10H2,1-8H3. The molecule has 0 N–H and O–H groups in total. The van der Waals surface area contributed by atoms with E-state index in [0.29, 0.717) is 13.2 Å². The van der Waals surface area contributed by atoms with Crippen LogP contribution in [0.2, 0.25) is 0 Å². The van der Waals surface area contributed by atoms with E-state index in [0.717, 1.165) is 0 Å². The molecule has 0 radical (unpaired) electrons. The molecule has 0 spiro atoms. The van der Waals surface area contributed by atoms with Crippen LogP contribution in [0.5, 0.6) is 0 Å². The van der Waals surface area contributed by atoms with E-state index in [-0.39, 0.29) is 24.4 Å². The minimum absolute atomic E-state index is 0.263. The number of hydrogen-bond donors (Lipinski definition) is 0. The average molecular weight is 288 g/mol. The first-order chi connectivity index (χ1) is 9.22. The fourth-order valence-corrected chi connectivity index (χ4v) is 2.32. The van der Waals surface area contributed by atoms with Crippen molar-refractivity contribution in [3.05, 3.63) is 0 Å². The molecule has 0 aliphatic carbocycles. The molecule has 4 nitrogen and oxygen atoms in total. The Morgan fingerprint density at radius 3 is 1.30 bits per heavy atom. The largest absolute Gasteiger partial charge is 0.350 e. The first kappa shape index (κ1) is 17.9. The molecule has 1 fully saturated rings. The van der Waals surface area contributed by atoms with Crippen molar-refractivity contribution in [1.29, 1.82) is 0 Å². The van der Waals surface area contributed by atoms with Gasteiger partial charge in [-0.25, -0.2) is 0 Å². The van der Waals surface area contributed by atoms with Gasteiger partial charge in [0.25, 0.3) is 0 Å². The van der Waals surface area contributed by atoms with E-state index in [2.05, 4.69) is 27.7 Å². The third-order valence-corrected chi connectivity index (χ3v) is 4.59. The van der Waals surface area contributed by atoms with Gasteiger partial charge in [-0.1, -0.05) is 27.7 Å². The molecule has 120 valence electrons. The topological polar surface area (TPSA) is 36.9 Å². The third-order valence-electron chi connectivity index (χ3n) is 4.59. The number of hydrogen-bond acceptors (Lipinski definition) is 4. The molecule has 1 saturated heterocycles. The van der Waals surface area contributed by atoms with E-state index in [1.54, 1.807) is 0 Å². The van der Waals surface area contributed by atoms with Gasteiger partial charge >= 0.3 is 0 Å². The zero-order valence-corrected chi connectivity index (χ0v) is 14.4. The molecule has 4 heteroatoms. The maximum absolute atomic E-state index is 6.35. The highest BCUT2D eigenvalue weighted by Crippen LogP contribution is 2.43. The van der Waals surface area contributed by atoms with E-state index in [4.69, 9.17) is 18.9 Å². The summed E-state index contributed by atoms with van der Waals surface area (Å²) in [6.07, 6.45) is -0.756. The van der Waals surface area contributed by atoms with Crippen LogP contribution in [0.3, 0.4) is 0 Å². The summed E-state index contributed by atoms with van der Waals surface area (Å²) in [5.41, 5.74) is -1.02. The van der Waals surface area contributed by atoms with E-state index >= 15 is 0 Å². The molecule has 0 bridgehead atoms. The average Bonchev–Trinajstić information content (AvgIpc) is 2.35. The summed E-state index contributed by atoms with van der Waals surface area (Å²) < 4.78 is 24.3. The van der Waals surface area contributed by atoms with Gasteiger partial charge in [0.15, 0.2) is 12.6 Å². The molecular weight excluding hydrogens is 256 g/mol. The molecule has 0 aromatic carbocycles. The maximum Gasteiger partial charge on any atom is 0.187 e. The minimum atomic E-state index is -0.510. The van der Waals surface area contributed by atoms with Crippen LogP contribution in [0, 0.1) is 11.8 Å². The first-order valence-electron chi connectivity index (χ1n) is 7.81. The molecule has 1 heterocycles. The van der Waals surface area contributed by atoms with Crippen LogP contribution in [-0.2, 0) is 18.9 Å². The summed E-state index contributed by atoms with van der Waals surface area (Å²) in [7, 11) is 0. The summed E-state index contributed by atoms with van der Waals surface area (Å²) in [5.74, 6) is 0.525. The monoisotopic (exact) mass is 288 g/mol. The molecule has 0 aromatic heterocycles. The van der Waals surface area contributed by atoms with Crippen molar-refractivity contribution in [3.8, 4) is 0 Å². The van der Waals surface area contributed by atoms with Crippen LogP contribution in [-0.4, -0.2) is 37.0 Å². The SMILES string of the molecule is CCOC1OC(C)(C(C)C)C(OCC)OC1(C)C(C)C. The van der Waals surface area contributed by atoms with Gasteiger partial charge in [-0.15, -0.1) is 0 Å². The summed E-state index contributed by atoms with van der Waals surface area (Å²) in [5, 5.41) is 0. The summed E-state index contributed by atoms with van der Waals surface area (Å²) >= 11 is 0. The molecule has 4 atom stereocenters.